The van der Waals surface area contributed by atoms with Crippen LogP contribution in [0.25, 0.3) is 0 Å². The minimum absolute atomic E-state index is 0.170. The van der Waals surface area contributed by atoms with Gasteiger partial charge in [0.2, 0.25) is 0 Å². The topological polar surface area (TPSA) is 40.5 Å². The Bertz CT molecular complexity index is 472. The summed E-state index contributed by atoms with van der Waals surface area (Å²) in [7, 11) is 0. The molecule has 20 heavy (non-hydrogen) atoms. The molecule has 2 atom stereocenters. The molecular formula is C14H17F3O2S. The highest BCUT2D eigenvalue weighted by molar-refractivity contribution is 7.98. The maximum absolute atomic E-state index is 12.6. The van der Waals surface area contributed by atoms with Crippen molar-refractivity contribution in [2.75, 3.05) is 6.26 Å². The molecule has 2 rings (SSSR count). The Morgan fingerprint density at radius 2 is 1.95 bits per heavy atom. The molecule has 1 aromatic carbocycles. The normalized spacial score (nSPS) is 18.9. The van der Waals surface area contributed by atoms with Crippen LogP contribution in [0.1, 0.15) is 36.5 Å². The van der Waals surface area contributed by atoms with Crippen LogP contribution in [-0.4, -0.2) is 22.6 Å². The Balaban J connectivity index is 2.17. The third-order valence-electron chi connectivity index (χ3n) is 3.55. The quantitative estimate of drug-likeness (QED) is 0.816. The molecule has 2 unspecified atom stereocenters. The van der Waals surface area contributed by atoms with E-state index in [1.807, 2.05) is 0 Å². The van der Waals surface area contributed by atoms with Crippen molar-refractivity contribution >= 4 is 11.8 Å². The first kappa shape index (κ1) is 15.7. The van der Waals surface area contributed by atoms with Crippen molar-refractivity contribution in [2.24, 2.45) is 5.92 Å². The molecule has 1 aliphatic rings. The zero-order valence-corrected chi connectivity index (χ0v) is 11.8. The summed E-state index contributed by atoms with van der Waals surface area (Å²) in [5.74, 6) is 0.233. The maximum Gasteiger partial charge on any atom is 0.416 e. The lowest BCUT2D eigenvalue weighted by Gasteiger charge is -2.19. The predicted molar refractivity (Wildman–Crippen MR) is 71.5 cm³/mol. The molecule has 0 aliphatic heterocycles. The summed E-state index contributed by atoms with van der Waals surface area (Å²) in [5.41, 5.74) is -0.272. The van der Waals surface area contributed by atoms with Crippen LogP contribution in [0.2, 0.25) is 0 Å². The van der Waals surface area contributed by atoms with Crippen LogP contribution >= 0.6 is 11.8 Å². The summed E-state index contributed by atoms with van der Waals surface area (Å²) in [4.78, 5) is 0.398. The Morgan fingerprint density at radius 1 is 1.30 bits per heavy atom. The van der Waals surface area contributed by atoms with Gasteiger partial charge in [0.15, 0.2) is 0 Å². The Kier molecular flexibility index (Phi) is 4.66. The molecule has 0 spiro atoms. The number of hydrogen-bond acceptors (Lipinski definition) is 3. The van der Waals surface area contributed by atoms with E-state index >= 15 is 0 Å². The fraction of sp³-hybridized carbons (Fsp3) is 0.571. The zero-order valence-electron chi connectivity index (χ0n) is 11.0. The third kappa shape index (κ3) is 3.68. The van der Waals surface area contributed by atoms with Crippen molar-refractivity contribution in [2.45, 2.75) is 42.5 Å². The van der Waals surface area contributed by atoms with Crippen molar-refractivity contribution < 1.29 is 23.4 Å². The van der Waals surface area contributed by atoms with Crippen molar-refractivity contribution in [3.8, 4) is 0 Å². The summed E-state index contributed by atoms with van der Waals surface area (Å²) >= 11 is 1.16. The second kappa shape index (κ2) is 5.95. The standard InChI is InChI=1S/C14H17F3O2S/c1-20-13-6-9(14(15,16)17)4-5-10(13)12(19)7-11(18)8-2-3-8/h4-6,8,11-12,18-19H,2-3,7H2,1H3. The largest absolute Gasteiger partial charge is 0.416 e. The first-order valence-corrected chi connectivity index (χ1v) is 7.66. The number of rotatable bonds is 5. The molecule has 1 saturated carbocycles. The highest BCUT2D eigenvalue weighted by Gasteiger charge is 2.33. The molecule has 0 bridgehead atoms. The van der Waals surface area contributed by atoms with E-state index in [0.29, 0.717) is 10.5 Å². The maximum atomic E-state index is 12.6. The van der Waals surface area contributed by atoms with Gasteiger partial charge in [0.05, 0.1) is 17.8 Å². The van der Waals surface area contributed by atoms with Gasteiger partial charge in [0, 0.05) is 11.3 Å². The zero-order chi connectivity index (χ0) is 14.9. The molecule has 1 fully saturated rings. The summed E-state index contributed by atoms with van der Waals surface area (Å²) in [6, 6.07) is 3.33. The Morgan fingerprint density at radius 3 is 2.45 bits per heavy atom. The van der Waals surface area contributed by atoms with Gasteiger partial charge >= 0.3 is 6.18 Å². The number of thioether (sulfide) groups is 1. The lowest BCUT2D eigenvalue weighted by atomic mass is 10.00. The monoisotopic (exact) mass is 306 g/mol. The van der Waals surface area contributed by atoms with Crippen LogP contribution in [0.5, 0.6) is 0 Å². The summed E-state index contributed by atoms with van der Waals surface area (Å²) < 4.78 is 37.9. The summed E-state index contributed by atoms with van der Waals surface area (Å²) in [5, 5.41) is 19.9. The van der Waals surface area contributed by atoms with E-state index in [1.54, 1.807) is 6.26 Å². The highest BCUT2D eigenvalue weighted by atomic mass is 32.2. The fourth-order valence-electron chi connectivity index (χ4n) is 2.19. The van der Waals surface area contributed by atoms with Gasteiger partial charge in [-0.3, -0.25) is 0 Å². The van der Waals surface area contributed by atoms with Gasteiger partial charge in [-0.05, 0) is 42.7 Å². The molecule has 1 aliphatic carbocycles. The van der Waals surface area contributed by atoms with Crippen molar-refractivity contribution in [3.63, 3.8) is 0 Å². The summed E-state index contributed by atoms with van der Waals surface area (Å²) in [6.45, 7) is 0. The first-order chi connectivity index (χ1) is 9.32. The molecule has 0 amide bonds. The first-order valence-electron chi connectivity index (χ1n) is 6.44. The number of halogens is 3. The summed E-state index contributed by atoms with van der Waals surface area (Å²) in [6.07, 6.45) is -2.15. The van der Waals surface area contributed by atoms with Crippen molar-refractivity contribution in [1.29, 1.82) is 0 Å². The molecule has 1 aromatic rings. The van der Waals surface area contributed by atoms with Crippen LogP contribution in [-0.2, 0) is 6.18 Å². The van der Waals surface area contributed by atoms with E-state index in [1.165, 1.54) is 6.07 Å². The Hall–Kier alpha value is -0.720. The van der Waals surface area contributed by atoms with Crippen LogP contribution in [0.3, 0.4) is 0 Å². The van der Waals surface area contributed by atoms with Gasteiger partial charge in [-0.25, -0.2) is 0 Å². The van der Waals surface area contributed by atoms with E-state index in [0.717, 1.165) is 36.7 Å². The van der Waals surface area contributed by atoms with E-state index in [9.17, 15) is 23.4 Å². The van der Waals surface area contributed by atoms with Gasteiger partial charge in [-0.2, -0.15) is 13.2 Å². The number of benzene rings is 1. The average molecular weight is 306 g/mol. The molecule has 2 N–H and O–H groups in total. The van der Waals surface area contributed by atoms with Gasteiger partial charge < -0.3 is 10.2 Å². The molecule has 0 aromatic heterocycles. The SMILES string of the molecule is CSc1cc(C(F)(F)F)ccc1C(O)CC(O)C1CC1. The number of alkyl halides is 3. The van der Waals surface area contributed by atoms with Crippen LogP contribution in [0.15, 0.2) is 23.1 Å². The van der Waals surface area contributed by atoms with Crippen LogP contribution < -0.4 is 0 Å². The van der Waals surface area contributed by atoms with E-state index in [-0.39, 0.29) is 12.3 Å². The lowest BCUT2D eigenvalue weighted by molar-refractivity contribution is -0.137. The average Bonchev–Trinajstić information content (AvgIpc) is 3.20. The molecule has 2 nitrogen and oxygen atoms in total. The second-order valence-corrected chi connectivity index (χ2v) is 5.96. The minimum Gasteiger partial charge on any atom is -0.393 e. The van der Waals surface area contributed by atoms with E-state index in [2.05, 4.69) is 0 Å². The molecule has 6 heteroatoms. The van der Waals surface area contributed by atoms with Crippen LogP contribution in [0.4, 0.5) is 13.2 Å². The fourth-order valence-corrected chi connectivity index (χ4v) is 2.88. The van der Waals surface area contributed by atoms with Crippen molar-refractivity contribution in [3.05, 3.63) is 29.3 Å². The molecule has 0 heterocycles. The van der Waals surface area contributed by atoms with Gasteiger partial charge in [0.1, 0.15) is 0 Å². The van der Waals surface area contributed by atoms with E-state index < -0.39 is 23.9 Å². The lowest BCUT2D eigenvalue weighted by Crippen LogP contribution is -2.15. The highest BCUT2D eigenvalue weighted by Crippen LogP contribution is 2.39. The van der Waals surface area contributed by atoms with Crippen molar-refractivity contribution in [1.82, 2.24) is 0 Å². The second-order valence-electron chi connectivity index (χ2n) is 5.11. The van der Waals surface area contributed by atoms with Gasteiger partial charge in [-0.1, -0.05) is 6.07 Å². The smallest absolute Gasteiger partial charge is 0.393 e. The number of aliphatic hydroxyl groups excluding tert-OH is 2. The van der Waals surface area contributed by atoms with E-state index in [4.69, 9.17) is 0 Å². The Labute approximate surface area is 120 Å². The minimum atomic E-state index is -4.39. The van der Waals surface area contributed by atoms with Gasteiger partial charge in [-0.15, -0.1) is 11.8 Å². The molecule has 112 valence electrons. The predicted octanol–water partition coefficient (Wildman–Crippen LogP) is 3.62. The molecular weight excluding hydrogens is 289 g/mol. The van der Waals surface area contributed by atoms with Crippen LogP contribution in [0, 0.1) is 5.92 Å². The molecule has 0 radical (unpaired) electrons. The number of aliphatic hydroxyl groups is 2. The molecule has 0 saturated heterocycles. The number of hydrogen-bond donors (Lipinski definition) is 2. The third-order valence-corrected chi connectivity index (χ3v) is 4.34. The van der Waals surface area contributed by atoms with Gasteiger partial charge in [0.25, 0.3) is 0 Å².